The molecule has 0 aliphatic heterocycles. The van der Waals surface area contributed by atoms with E-state index in [1.165, 1.54) is 51.5 Å². The van der Waals surface area contributed by atoms with Crippen LogP contribution < -0.4 is 25.1 Å². The van der Waals surface area contributed by atoms with Crippen molar-refractivity contribution in [2.45, 2.75) is 17.9 Å². The van der Waals surface area contributed by atoms with Crippen molar-refractivity contribution in [1.29, 1.82) is 0 Å². The van der Waals surface area contributed by atoms with Gasteiger partial charge in [-0.15, -0.1) is 0 Å². The zero-order valence-electron chi connectivity index (χ0n) is 21.5. The number of nitrogens with one attached hydrogen (secondary N) is 3. The fourth-order valence-corrected chi connectivity index (χ4v) is 4.79. The quantitative estimate of drug-likeness (QED) is 0.258. The number of fused-ring (bicyclic) bond motifs is 1. The molecule has 1 aromatic heterocycles. The Morgan fingerprint density at radius 1 is 0.900 bits per heavy atom. The Labute approximate surface area is 227 Å². The summed E-state index contributed by atoms with van der Waals surface area (Å²) in [6.45, 7) is 1.34. The molecule has 0 saturated heterocycles. The van der Waals surface area contributed by atoms with Gasteiger partial charge in [-0.2, -0.15) is 0 Å². The van der Waals surface area contributed by atoms with Crippen molar-refractivity contribution in [1.82, 2.24) is 4.98 Å². The predicted octanol–water partition coefficient (Wildman–Crippen LogP) is 3.67. The maximum atomic E-state index is 13.2. The average molecular weight is 570 g/mol. The van der Waals surface area contributed by atoms with Crippen molar-refractivity contribution in [2.75, 3.05) is 24.3 Å². The third-order valence-corrected chi connectivity index (χ3v) is 7.09. The van der Waals surface area contributed by atoms with Crippen molar-refractivity contribution >= 4 is 44.2 Å². The molecular formula is C27H24FN3O8S. The molecule has 1 atom stereocenters. The number of anilines is 2. The maximum absolute atomic E-state index is 13.2. The van der Waals surface area contributed by atoms with E-state index in [1.54, 1.807) is 18.2 Å². The zero-order valence-corrected chi connectivity index (χ0v) is 22.3. The van der Waals surface area contributed by atoms with Crippen LogP contribution in [0.2, 0.25) is 0 Å². The minimum atomic E-state index is -4.15. The van der Waals surface area contributed by atoms with Crippen molar-refractivity contribution < 1.29 is 36.6 Å². The molecule has 0 saturated carbocycles. The highest BCUT2D eigenvalue weighted by molar-refractivity contribution is 7.92. The number of sulfonamides is 1. The topological polar surface area (TPSA) is 153 Å². The number of benzene rings is 3. The number of aromatic amines is 1. The minimum absolute atomic E-state index is 0.0664. The first-order chi connectivity index (χ1) is 19.0. The lowest BCUT2D eigenvalue weighted by Crippen LogP contribution is -2.30. The van der Waals surface area contributed by atoms with Crippen LogP contribution in [0.25, 0.3) is 10.9 Å². The summed E-state index contributed by atoms with van der Waals surface area (Å²) in [4.78, 5) is 40.3. The number of carbonyl (C=O) groups excluding carboxylic acids is 2. The standard InChI is InChI=1S/C27H24FN3O8S/c1-15(26(33)29-18-10-19(37-2)12-20(11-18)38-3)39-27(34)23-14-25(32)30-24-9-8-21(13-22(23)24)40(35,36)31-17-6-4-16(28)5-7-17/h4-15,31H,1-3H3,(H,29,33)(H,30,32). The van der Waals surface area contributed by atoms with E-state index in [1.807, 2.05) is 0 Å². The largest absolute Gasteiger partial charge is 0.497 e. The molecular weight excluding hydrogens is 545 g/mol. The Bertz CT molecular complexity index is 1730. The molecule has 4 aromatic rings. The molecule has 13 heteroatoms. The first-order valence-corrected chi connectivity index (χ1v) is 13.2. The number of halogens is 1. The number of rotatable bonds is 9. The highest BCUT2D eigenvalue weighted by atomic mass is 32.2. The molecule has 0 fully saturated rings. The van der Waals surface area contributed by atoms with Crippen molar-refractivity contribution in [3.8, 4) is 11.5 Å². The monoisotopic (exact) mass is 569 g/mol. The number of amides is 1. The molecule has 4 rings (SSSR count). The number of hydrogen-bond donors (Lipinski definition) is 3. The van der Waals surface area contributed by atoms with E-state index in [2.05, 4.69) is 15.0 Å². The highest BCUT2D eigenvalue weighted by Crippen LogP contribution is 2.26. The van der Waals surface area contributed by atoms with E-state index >= 15 is 0 Å². The van der Waals surface area contributed by atoms with Crippen LogP contribution in [0.4, 0.5) is 15.8 Å². The molecule has 0 aliphatic carbocycles. The molecule has 1 heterocycles. The maximum Gasteiger partial charge on any atom is 0.339 e. The number of ether oxygens (including phenoxy) is 3. The number of methoxy groups -OCH3 is 2. The first-order valence-electron chi connectivity index (χ1n) is 11.7. The molecule has 1 amide bonds. The van der Waals surface area contributed by atoms with Crippen molar-refractivity contribution in [3.05, 3.63) is 88.5 Å². The Morgan fingerprint density at radius 2 is 1.55 bits per heavy atom. The molecule has 11 nitrogen and oxygen atoms in total. The van der Waals surface area contributed by atoms with Crippen LogP contribution in [0.15, 0.2) is 76.4 Å². The van der Waals surface area contributed by atoms with Gasteiger partial charge in [0.05, 0.1) is 24.7 Å². The van der Waals surface area contributed by atoms with Crippen LogP contribution in [0.1, 0.15) is 17.3 Å². The van der Waals surface area contributed by atoms with E-state index in [4.69, 9.17) is 14.2 Å². The molecule has 0 aliphatic rings. The summed E-state index contributed by atoms with van der Waals surface area (Å²) in [5.41, 5.74) is -0.272. The van der Waals surface area contributed by atoms with E-state index in [-0.39, 0.29) is 27.0 Å². The smallest absolute Gasteiger partial charge is 0.339 e. The normalized spacial score (nSPS) is 11.9. The van der Waals surface area contributed by atoms with Gasteiger partial charge in [0.1, 0.15) is 17.3 Å². The predicted molar refractivity (Wildman–Crippen MR) is 145 cm³/mol. The van der Waals surface area contributed by atoms with E-state index in [0.29, 0.717) is 17.2 Å². The fraction of sp³-hybridized carbons (Fsp3) is 0.148. The summed E-state index contributed by atoms with van der Waals surface area (Å²) < 4.78 is 57.1. The average Bonchev–Trinajstić information content (AvgIpc) is 2.92. The second-order valence-electron chi connectivity index (χ2n) is 8.51. The lowest BCUT2D eigenvalue weighted by molar-refractivity contribution is -0.123. The summed E-state index contributed by atoms with van der Waals surface area (Å²) in [6.07, 6.45) is -1.30. The molecule has 3 N–H and O–H groups in total. The number of aromatic nitrogens is 1. The summed E-state index contributed by atoms with van der Waals surface area (Å²) in [5, 5.41) is 2.66. The SMILES string of the molecule is COc1cc(NC(=O)C(C)OC(=O)c2cc(=O)[nH]c3ccc(S(=O)(=O)Nc4ccc(F)cc4)cc23)cc(OC)c1. The van der Waals surface area contributed by atoms with Gasteiger partial charge in [-0.1, -0.05) is 0 Å². The van der Waals surface area contributed by atoms with Crippen molar-refractivity contribution in [3.63, 3.8) is 0 Å². The molecule has 40 heavy (non-hydrogen) atoms. The zero-order chi connectivity index (χ0) is 29.0. The van der Waals surface area contributed by atoms with Gasteiger partial charge in [-0.3, -0.25) is 14.3 Å². The number of hydrogen-bond acceptors (Lipinski definition) is 8. The summed E-state index contributed by atoms with van der Waals surface area (Å²) in [6, 6.07) is 14.1. The van der Waals surface area contributed by atoms with Crippen LogP contribution in [0.5, 0.6) is 11.5 Å². The molecule has 208 valence electrons. The minimum Gasteiger partial charge on any atom is -0.497 e. The second kappa shape index (κ2) is 11.5. The van der Waals surface area contributed by atoms with Gasteiger partial charge in [-0.05, 0) is 49.4 Å². The van der Waals surface area contributed by atoms with E-state index < -0.39 is 39.4 Å². The number of H-pyrrole nitrogens is 1. The van der Waals surface area contributed by atoms with E-state index in [0.717, 1.165) is 18.2 Å². The summed E-state index contributed by atoms with van der Waals surface area (Å²) >= 11 is 0. The highest BCUT2D eigenvalue weighted by Gasteiger charge is 2.23. The van der Waals surface area contributed by atoms with Crippen LogP contribution in [-0.4, -0.2) is 45.6 Å². The molecule has 3 aromatic carbocycles. The number of carbonyl (C=O) groups is 2. The van der Waals surface area contributed by atoms with Crippen LogP contribution in [0, 0.1) is 5.82 Å². The number of pyridine rings is 1. The van der Waals surface area contributed by atoms with Crippen LogP contribution >= 0.6 is 0 Å². The van der Waals surface area contributed by atoms with Gasteiger partial charge in [0.15, 0.2) is 6.10 Å². The fourth-order valence-electron chi connectivity index (χ4n) is 3.70. The van der Waals surface area contributed by atoms with Crippen molar-refractivity contribution in [2.24, 2.45) is 0 Å². The summed E-state index contributed by atoms with van der Waals surface area (Å²) in [5.74, 6) is -1.39. The lowest BCUT2D eigenvalue weighted by atomic mass is 10.1. The first kappa shape index (κ1) is 28.1. The molecule has 0 spiro atoms. The third kappa shape index (κ3) is 6.38. The summed E-state index contributed by atoms with van der Waals surface area (Å²) in [7, 11) is -1.25. The van der Waals surface area contributed by atoms with Gasteiger partial charge >= 0.3 is 5.97 Å². The lowest BCUT2D eigenvalue weighted by Gasteiger charge is -2.15. The Hall–Kier alpha value is -4.91. The van der Waals surface area contributed by atoms with Gasteiger partial charge in [-0.25, -0.2) is 17.6 Å². The van der Waals surface area contributed by atoms with Gasteiger partial charge in [0.25, 0.3) is 15.9 Å². The second-order valence-corrected chi connectivity index (χ2v) is 10.2. The number of esters is 1. The van der Waals surface area contributed by atoms with Crippen LogP contribution in [-0.2, 0) is 19.6 Å². The van der Waals surface area contributed by atoms with Crippen LogP contribution in [0.3, 0.4) is 0 Å². The van der Waals surface area contributed by atoms with Gasteiger partial charge in [0.2, 0.25) is 5.56 Å². The third-order valence-electron chi connectivity index (χ3n) is 5.71. The Balaban J connectivity index is 1.58. The Morgan fingerprint density at radius 3 is 2.17 bits per heavy atom. The van der Waals surface area contributed by atoms with Gasteiger partial charge < -0.3 is 24.5 Å². The van der Waals surface area contributed by atoms with Gasteiger partial charge in [0, 0.05) is 46.5 Å². The Kier molecular flexibility index (Phi) is 8.05. The molecule has 0 bridgehead atoms. The van der Waals surface area contributed by atoms with E-state index in [9.17, 15) is 27.2 Å². The molecule has 1 unspecified atom stereocenters. The molecule has 0 radical (unpaired) electrons.